The van der Waals surface area contributed by atoms with Gasteiger partial charge in [-0.1, -0.05) is 36.4 Å². The van der Waals surface area contributed by atoms with E-state index in [-0.39, 0.29) is 29.8 Å². The minimum absolute atomic E-state index is 0.0806. The van der Waals surface area contributed by atoms with E-state index in [1.807, 2.05) is 30.3 Å². The Morgan fingerprint density at radius 3 is 2.57 bits per heavy atom. The lowest BCUT2D eigenvalue weighted by Gasteiger charge is -2.20. The Balaban J connectivity index is 1.68. The van der Waals surface area contributed by atoms with Gasteiger partial charge in [0.25, 0.3) is 10.0 Å². The molecule has 1 fully saturated rings. The van der Waals surface area contributed by atoms with Crippen LogP contribution < -0.4 is 5.32 Å². The van der Waals surface area contributed by atoms with E-state index < -0.39 is 22.0 Å². The molecule has 1 N–H and O–H groups in total. The van der Waals surface area contributed by atoms with E-state index in [9.17, 15) is 18.0 Å². The van der Waals surface area contributed by atoms with Crippen LogP contribution in [-0.2, 0) is 19.6 Å². The van der Waals surface area contributed by atoms with Crippen LogP contribution in [0.5, 0.6) is 0 Å². The normalized spacial score (nSPS) is 19.6. The minimum atomic E-state index is -3.84. The highest BCUT2D eigenvalue weighted by Gasteiger charge is 2.34. The first kappa shape index (κ1) is 20.2. The topological polar surface area (TPSA) is 96.4 Å². The minimum Gasteiger partial charge on any atom is -0.346 e. The Hall–Kier alpha value is -2.58. The SMILES string of the molecule is C[C@H](C(=O)NC1CCCN(S(=O)(=O)c2ccccn2)CC1=O)c1ccccc1. The van der Waals surface area contributed by atoms with Crippen molar-refractivity contribution in [1.29, 1.82) is 0 Å². The number of ketones is 1. The van der Waals surface area contributed by atoms with Gasteiger partial charge in [-0.15, -0.1) is 0 Å². The number of sulfonamides is 1. The molecule has 1 saturated heterocycles. The molecule has 1 amide bonds. The zero-order valence-corrected chi connectivity index (χ0v) is 16.4. The highest BCUT2D eigenvalue weighted by molar-refractivity contribution is 7.89. The zero-order chi connectivity index (χ0) is 20.1. The number of carbonyl (C=O) groups excluding carboxylic acids is 2. The molecule has 1 aromatic heterocycles. The Morgan fingerprint density at radius 1 is 1.18 bits per heavy atom. The molecule has 0 spiro atoms. The number of aromatic nitrogens is 1. The molecular weight excluding hydrogens is 378 g/mol. The van der Waals surface area contributed by atoms with Gasteiger partial charge in [0.05, 0.1) is 18.5 Å². The maximum Gasteiger partial charge on any atom is 0.260 e. The van der Waals surface area contributed by atoms with Crippen molar-refractivity contribution >= 4 is 21.7 Å². The Kier molecular flexibility index (Phi) is 6.21. The molecule has 28 heavy (non-hydrogen) atoms. The summed E-state index contributed by atoms with van der Waals surface area (Å²) < 4.78 is 26.6. The van der Waals surface area contributed by atoms with E-state index in [4.69, 9.17) is 0 Å². The first-order valence-electron chi connectivity index (χ1n) is 9.19. The van der Waals surface area contributed by atoms with Crippen LogP contribution in [0.3, 0.4) is 0 Å². The lowest BCUT2D eigenvalue weighted by Crippen LogP contribution is -2.45. The van der Waals surface area contributed by atoms with E-state index in [0.29, 0.717) is 12.8 Å². The molecule has 2 atom stereocenters. The number of rotatable bonds is 5. The largest absolute Gasteiger partial charge is 0.346 e. The summed E-state index contributed by atoms with van der Waals surface area (Å²) >= 11 is 0. The molecule has 1 aliphatic heterocycles. The Bertz CT molecular complexity index is 932. The summed E-state index contributed by atoms with van der Waals surface area (Å²) in [5, 5.41) is 2.71. The van der Waals surface area contributed by atoms with Crippen molar-refractivity contribution in [1.82, 2.24) is 14.6 Å². The van der Waals surface area contributed by atoms with Crippen molar-refractivity contribution < 1.29 is 18.0 Å². The van der Waals surface area contributed by atoms with Crippen LogP contribution in [0.2, 0.25) is 0 Å². The third-order valence-corrected chi connectivity index (χ3v) is 6.63. The van der Waals surface area contributed by atoms with Gasteiger partial charge in [-0.2, -0.15) is 4.31 Å². The standard InChI is InChI=1S/C20H23N3O4S/c1-15(16-8-3-2-4-9-16)20(25)22-17-10-7-13-23(14-18(17)24)28(26,27)19-11-5-6-12-21-19/h2-6,8-9,11-12,15,17H,7,10,13-14H2,1H3,(H,22,25)/t15-,17?/m0/s1. The number of nitrogens with zero attached hydrogens (tertiary/aromatic N) is 2. The van der Waals surface area contributed by atoms with Crippen LogP contribution >= 0.6 is 0 Å². The van der Waals surface area contributed by atoms with Crippen molar-refractivity contribution in [3.63, 3.8) is 0 Å². The monoisotopic (exact) mass is 401 g/mol. The first-order chi connectivity index (χ1) is 13.4. The summed E-state index contributed by atoms with van der Waals surface area (Å²) in [4.78, 5) is 29.1. The van der Waals surface area contributed by atoms with Gasteiger partial charge in [-0.25, -0.2) is 13.4 Å². The average Bonchev–Trinajstić information content (AvgIpc) is 2.90. The number of Topliss-reactive ketones (excluding diaryl/α,β-unsaturated/α-hetero) is 1. The summed E-state index contributed by atoms with van der Waals surface area (Å²) in [6.45, 7) is 1.72. The summed E-state index contributed by atoms with van der Waals surface area (Å²) in [7, 11) is -3.84. The lowest BCUT2D eigenvalue weighted by atomic mass is 9.99. The molecule has 0 saturated carbocycles. The predicted molar refractivity (Wildman–Crippen MR) is 104 cm³/mol. The fourth-order valence-corrected chi connectivity index (χ4v) is 4.55. The van der Waals surface area contributed by atoms with Gasteiger partial charge in [0.15, 0.2) is 10.8 Å². The second-order valence-corrected chi connectivity index (χ2v) is 8.69. The maximum absolute atomic E-state index is 12.7. The quantitative estimate of drug-likeness (QED) is 0.823. The fourth-order valence-electron chi connectivity index (χ4n) is 3.18. The molecule has 0 radical (unpaired) electrons. The molecule has 0 bridgehead atoms. The Morgan fingerprint density at radius 2 is 1.89 bits per heavy atom. The highest BCUT2D eigenvalue weighted by atomic mass is 32.2. The fraction of sp³-hybridized carbons (Fsp3) is 0.350. The van der Waals surface area contributed by atoms with Gasteiger partial charge in [0.2, 0.25) is 5.91 Å². The summed E-state index contributed by atoms with van der Waals surface area (Å²) in [5.74, 6) is -0.957. The van der Waals surface area contributed by atoms with E-state index >= 15 is 0 Å². The van der Waals surface area contributed by atoms with E-state index in [1.54, 1.807) is 19.1 Å². The van der Waals surface area contributed by atoms with Crippen molar-refractivity contribution in [2.45, 2.75) is 36.8 Å². The number of carbonyl (C=O) groups is 2. The molecule has 1 aliphatic rings. The molecule has 2 aromatic rings. The van der Waals surface area contributed by atoms with Gasteiger partial charge in [0, 0.05) is 12.7 Å². The summed E-state index contributed by atoms with van der Waals surface area (Å²) in [5.41, 5.74) is 0.862. The molecule has 1 aromatic carbocycles. The van der Waals surface area contributed by atoms with Crippen LogP contribution in [0.15, 0.2) is 59.8 Å². The third kappa shape index (κ3) is 4.45. The maximum atomic E-state index is 12.7. The van der Waals surface area contributed by atoms with E-state index in [2.05, 4.69) is 10.3 Å². The summed E-state index contributed by atoms with van der Waals surface area (Å²) in [6, 6.07) is 13.3. The van der Waals surface area contributed by atoms with Crippen molar-refractivity contribution in [3.8, 4) is 0 Å². The Labute approximate surface area is 164 Å². The van der Waals surface area contributed by atoms with Gasteiger partial charge in [-0.3, -0.25) is 9.59 Å². The van der Waals surface area contributed by atoms with Crippen molar-refractivity contribution in [2.24, 2.45) is 0 Å². The average molecular weight is 401 g/mol. The molecule has 3 rings (SSSR count). The molecule has 7 nitrogen and oxygen atoms in total. The predicted octanol–water partition coefficient (Wildman–Crippen LogP) is 1.72. The molecule has 8 heteroatoms. The van der Waals surface area contributed by atoms with Crippen LogP contribution in [0.25, 0.3) is 0 Å². The number of hydrogen-bond donors (Lipinski definition) is 1. The number of nitrogens with one attached hydrogen (secondary N) is 1. The molecule has 148 valence electrons. The number of benzene rings is 1. The van der Waals surface area contributed by atoms with Gasteiger partial charge in [-0.05, 0) is 37.5 Å². The highest BCUT2D eigenvalue weighted by Crippen LogP contribution is 2.19. The van der Waals surface area contributed by atoms with Crippen molar-refractivity contribution in [3.05, 3.63) is 60.3 Å². The third-order valence-electron chi connectivity index (χ3n) is 4.87. The van der Waals surface area contributed by atoms with Crippen molar-refractivity contribution in [2.75, 3.05) is 13.1 Å². The van der Waals surface area contributed by atoms with Crippen LogP contribution in [0.4, 0.5) is 0 Å². The van der Waals surface area contributed by atoms with Gasteiger partial charge < -0.3 is 5.32 Å². The van der Waals surface area contributed by atoms with Crippen LogP contribution in [0.1, 0.15) is 31.2 Å². The first-order valence-corrected chi connectivity index (χ1v) is 10.6. The van der Waals surface area contributed by atoms with Crippen LogP contribution in [0, 0.1) is 0 Å². The molecular formula is C20H23N3O4S. The zero-order valence-electron chi connectivity index (χ0n) is 15.6. The van der Waals surface area contributed by atoms with Gasteiger partial charge >= 0.3 is 0 Å². The number of amides is 1. The van der Waals surface area contributed by atoms with Crippen LogP contribution in [-0.4, -0.2) is 48.5 Å². The second kappa shape index (κ2) is 8.62. The second-order valence-electron chi connectivity index (χ2n) is 6.81. The molecule has 0 aliphatic carbocycles. The summed E-state index contributed by atoms with van der Waals surface area (Å²) in [6.07, 6.45) is 2.28. The molecule has 2 heterocycles. The number of hydrogen-bond acceptors (Lipinski definition) is 5. The van der Waals surface area contributed by atoms with E-state index in [0.717, 1.165) is 9.87 Å². The van der Waals surface area contributed by atoms with E-state index in [1.165, 1.54) is 12.3 Å². The molecule has 1 unspecified atom stereocenters. The van der Waals surface area contributed by atoms with Gasteiger partial charge in [0.1, 0.15) is 0 Å². The lowest BCUT2D eigenvalue weighted by molar-refractivity contribution is -0.128. The number of pyridine rings is 1. The smallest absolute Gasteiger partial charge is 0.260 e.